The summed E-state index contributed by atoms with van der Waals surface area (Å²) in [5.41, 5.74) is 0. The highest BCUT2D eigenvalue weighted by atomic mass is 127. The number of anilines is 1. The van der Waals surface area contributed by atoms with Crippen LogP contribution in [0.4, 0.5) is 15.0 Å². The van der Waals surface area contributed by atoms with Crippen LogP contribution in [0.1, 0.15) is 0 Å². The van der Waals surface area contributed by atoms with Gasteiger partial charge in [-0.25, -0.2) is 14.2 Å². The van der Waals surface area contributed by atoms with Crippen molar-refractivity contribution in [3.8, 4) is 0 Å². The summed E-state index contributed by atoms with van der Waals surface area (Å²) in [5, 5.41) is 4.80. The molecular formula is C8H9FIN3O. The zero-order valence-corrected chi connectivity index (χ0v) is 9.42. The van der Waals surface area contributed by atoms with E-state index in [4.69, 9.17) is 0 Å². The van der Waals surface area contributed by atoms with Crippen molar-refractivity contribution in [1.29, 1.82) is 0 Å². The van der Waals surface area contributed by atoms with E-state index >= 15 is 0 Å². The van der Waals surface area contributed by atoms with Gasteiger partial charge in [0.25, 0.3) is 0 Å². The summed E-state index contributed by atoms with van der Waals surface area (Å²) in [5.74, 6) is 0.446. The summed E-state index contributed by atoms with van der Waals surface area (Å²) in [4.78, 5) is 15.0. The lowest BCUT2D eigenvalue weighted by Crippen LogP contribution is -2.30. The summed E-state index contributed by atoms with van der Waals surface area (Å²) in [7, 11) is 0. The molecule has 2 N–H and O–H groups in total. The first-order valence-electron chi connectivity index (χ1n) is 3.95. The monoisotopic (exact) mass is 309 g/mol. The van der Waals surface area contributed by atoms with E-state index < -0.39 is 12.7 Å². The molecule has 0 spiro atoms. The van der Waals surface area contributed by atoms with Gasteiger partial charge in [0, 0.05) is 16.3 Å². The van der Waals surface area contributed by atoms with Gasteiger partial charge >= 0.3 is 6.03 Å². The Hall–Kier alpha value is -0.920. The zero-order valence-electron chi connectivity index (χ0n) is 7.26. The van der Waals surface area contributed by atoms with Crippen LogP contribution in [0, 0.1) is 3.57 Å². The van der Waals surface area contributed by atoms with Gasteiger partial charge in [-0.2, -0.15) is 0 Å². The number of nitrogens with one attached hydrogen (secondary N) is 2. The number of amides is 2. The maximum absolute atomic E-state index is 11.7. The molecule has 0 radical (unpaired) electrons. The SMILES string of the molecule is O=C(NCCF)Nc1ccc(I)cn1. The van der Waals surface area contributed by atoms with Gasteiger partial charge in [-0.3, -0.25) is 5.32 Å². The van der Waals surface area contributed by atoms with Crippen LogP contribution >= 0.6 is 22.6 Å². The minimum absolute atomic E-state index is 0.0101. The number of pyridine rings is 1. The first-order chi connectivity index (χ1) is 6.72. The number of carbonyl (C=O) groups is 1. The lowest BCUT2D eigenvalue weighted by atomic mass is 10.5. The summed E-state index contributed by atoms with van der Waals surface area (Å²) in [6.07, 6.45) is 1.63. The average molecular weight is 309 g/mol. The Balaban J connectivity index is 2.44. The molecule has 1 heterocycles. The van der Waals surface area contributed by atoms with Crippen molar-refractivity contribution in [3.05, 3.63) is 21.9 Å². The third kappa shape index (κ3) is 3.86. The van der Waals surface area contributed by atoms with Gasteiger partial charge in [0.05, 0.1) is 0 Å². The van der Waals surface area contributed by atoms with Gasteiger partial charge < -0.3 is 5.32 Å². The minimum atomic E-state index is -0.576. The molecule has 0 aromatic carbocycles. The normalized spacial score (nSPS) is 9.57. The molecule has 0 fully saturated rings. The van der Waals surface area contributed by atoms with E-state index in [2.05, 4.69) is 38.2 Å². The highest BCUT2D eigenvalue weighted by molar-refractivity contribution is 14.1. The Morgan fingerprint density at radius 2 is 2.36 bits per heavy atom. The lowest BCUT2D eigenvalue weighted by Gasteiger charge is -2.04. The lowest BCUT2D eigenvalue weighted by molar-refractivity contribution is 0.251. The van der Waals surface area contributed by atoms with Crippen molar-refractivity contribution in [3.63, 3.8) is 0 Å². The molecule has 6 heteroatoms. The molecule has 1 rings (SSSR count). The number of urea groups is 1. The fraction of sp³-hybridized carbons (Fsp3) is 0.250. The second-order valence-electron chi connectivity index (χ2n) is 2.43. The van der Waals surface area contributed by atoms with E-state index in [1.54, 1.807) is 12.3 Å². The second-order valence-corrected chi connectivity index (χ2v) is 3.68. The maximum atomic E-state index is 11.7. The Kier molecular flexibility index (Phi) is 4.57. The molecule has 0 bridgehead atoms. The van der Waals surface area contributed by atoms with Crippen LogP contribution in [0.3, 0.4) is 0 Å². The van der Waals surface area contributed by atoms with Crippen LogP contribution < -0.4 is 10.6 Å². The van der Waals surface area contributed by atoms with E-state index in [-0.39, 0.29) is 6.54 Å². The van der Waals surface area contributed by atoms with Crippen LogP contribution in [-0.4, -0.2) is 24.2 Å². The Bertz CT molecular complexity index is 304. The van der Waals surface area contributed by atoms with Crippen molar-refractivity contribution in [2.24, 2.45) is 0 Å². The van der Waals surface area contributed by atoms with Crippen molar-refractivity contribution in [2.45, 2.75) is 0 Å². The first-order valence-corrected chi connectivity index (χ1v) is 5.02. The fourth-order valence-corrected chi connectivity index (χ4v) is 1.09. The van der Waals surface area contributed by atoms with E-state index in [0.717, 1.165) is 3.57 Å². The van der Waals surface area contributed by atoms with Crippen LogP contribution in [-0.2, 0) is 0 Å². The van der Waals surface area contributed by atoms with Gasteiger partial charge in [0.2, 0.25) is 0 Å². The van der Waals surface area contributed by atoms with Crippen LogP contribution in [0.25, 0.3) is 0 Å². The molecule has 0 atom stereocenters. The number of carbonyl (C=O) groups excluding carboxylic acids is 1. The number of nitrogens with zero attached hydrogens (tertiary/aromatic N) is 1. The Morgan fingerprint density at radius 3 is 2.93 bits per heavy atom. The topological polar surface area (TPSA) is 54.0 Å². The van der Waals surface area contributed by atoms with E-state index in [0.29, 0.717) is 5.82 Å². The summed E-state index contributed by atoms with van der Waals surface area (Å²) in [6.45, 7) is -0.566. The highest BCUT2D eigenvalue weighted by Gasteiger charge is 2.00. The number of hydrogen-bond acceptors (Lipinski definition) is 2. The predicted molar refractivity (Wildman–Crippen MR) is 60.0 cm³/mol. The second kappa shape index (κ2) is 5.74. The number of rotatable bonds is 3. The van der Waals surface area contributed by atoms with Crippen molar-refractivity contribution >= 4 is 34.4 Å². The fourth-order valence-electron chi connectivity index (χ4n) is 0.771. The molecule has 0 aliphatic heterocycles. The molecule has 1 aromatic rings. The number of aromatic nitrogens is 1. The molecule has 76 valence electrons. The first kappa shape index (κ1) is 11.2. The van der Waals surface area contributed by atoms with Gasteiger partial charge in [0.15, 0.2) is 0 Å². The van der Waals surface area contributed by atoms with Crippen LogP contribution in [0.15, 0.2) is 18.3 Å². The molecule has 4 nitrogen and oxygen atoms in total. The predicted octanol–water partition coefficient (Wildman–Crippen LogP) is 1.78. The Labute approximate surface area is 94.4 Å². The molecule has 0 unspecified atom stereocenters. The summed E-state index contributed by atoms with van der Waals surface area (Å²) >= 11 is 2.11. The molecule has 1 aromatic heterocycles. The molecular weight excluding hydrogens is 300 g/mol. The molecule has 0 saturated heterocycles. The average Bonchev–Trinajstić information content (AvgIpc) is 2.18. The van der Waals surface area contributed by atoms with Crippen molar-refractivity contribution in [2.75, 3.05) is 18.5 Å². The van der Waals surface area contributed by atoms with Crippen LogP contribution in [0.2, 0.25) is 0 Å². The molecule has 2 amide bonds. The quantitative estimate of drug-likeness (QED) is 0.836. The Morgan fingerprint density at radius 1 is 1.57 bits per heavy atom. The van der Waals surface area contributed by atoms with Gasteiger partial charge in [-0.05, 0) is 34.7 Å². The van der Waals surface area contributed by atoms with Gasteiger partial charge in [-0.1, -0.05) is 0 Å². The maximum Gasteiger partial charge on any atom is 0.320 e. The third-order valence-electron chi connectivity index (χ3n) is 1.35. The molecule has 0 saturated carbocycles. The smallest absolute Gasteiger partial charge is 0.320 e. The highest BCUT2D eigenvalue weighted by Crippen LogP contribution is 2.06. The van der Waals surface area contributed by atoms with Crippen LogP contribution in [0.5, 0.6) is 0 Å². The van der Waals surface area contributed by atoms with Gasteiger partial charge in [0.1, 0.15) is 12.5 Å². The minimum Gasteiger partial charge on any atom is -0.335 e. The number of hydrogen-bond donors (Lipinski definition) is 2. The zero-order chi connectivity index (χ0) is 10.4. The number of halogens is 2. The van der Waals surface area contributed by atoms with Gasteiger partial charge in [-0.15, -0.1) is 0 Å². The molecule has 0 aliphatic rings. The summed E-state index contributed by atoms with van der Waals surface area (Å²) < 4.78 is 12.7. The molecule has 0 aliphatic carbocycles. The third-order valence-corrected chi connectivity index (χ3v) is 1.99. The summed E-state index contributed by atoms with van der Waals surface area (Å²) in [6, 6.07) is 3.05. The molecule has 14 heavy (non-hydrogen) atoms. The number of alkyl halides is 1. The van der Waals surface area contributed by atoms with Crippen molar-refractivity contribution < 1.29 is 9.18 Å². The van der Waals surface area contributed by atoms with E-state index in [1.807, 2.05) is 6.07 Å². The standard InChI is InChI=1S/C8H9FIN3O/c9-3-4-11-8(14)13-7-2-1-6(10)5-12-7/h1-2,5H,3-4H2,(H2,11,12,13,14). The van der Waals surface area contributed by atoms with E-state index in [1.165, 1.54) is 0 Å². The van der Waals surface area contributed by atoms with Crippen molar-refractivity contribution in [1.82, 2.24) is 10.3 Å². The van der Waals surface area contributed by atoms with E-state index in [9.17, 15) is 9.18 Å². The largest absolute Gasteiger partial charge is 0.335 e.